The van der Waals surface area contributed by atoms with Gasteiger partial charge in [0.2, 0.25) is 0 Å². The summed E-state index contributed by atoms with van der Waals surface area (Å²) in [6.07, 6.45) is 0. The maximum absolute atomic E-state index is 12.2. The summed E-state index contributed by atoms with van der Waals surface area (Å²) < 4.78 is 1.11. The number of carbonyl (C=O) groups excluding carboxylic acids is 1. The Balaban J connectivity index is 1.83. The van der Waals surface area contributed by atoms with Crippen LogP contribution in [0, 0.1) is 0 Å². The van der Waals surface area contributed by atoms with Crippen molar-refractivity contribution in [3.05, 3.63) is 48.1 Å². The molecule has 3 heterocycles. The lowest BCUT2D eigenvalue weighted by Crippen LogP contribution is -2.14. The normalized spacial score (nSPS) is 10.8. The van der Waals surface area contributed by atoms with Crippen LogP contribution in [-0.4, -0.2) is 15.9 Å². The molecule has 0 saturated heterocycles. The average Bonchev–Trinajstić information content (AvgIpc) is 3.07. The maximum atomic E-state index is 12.2. The van der Waals surface area contributed by atoms with Gasteiger partial charge < -0.3 is 0 Å². The van der Waals surface area contributed by atoms with E-state index >= 15 is 0 Å². The topological polar surface area (TPSA) is 54.9 Å². The van der Waals surface area contributed by atoms with E-state index in [9.17, 15) is 4.79 Å². The van der Waals surface area contributed by atoms with Gasteiger partial charge in [-0.05, 0) is 18.2 Å². The fourth-order valence-corrected chi connectivity index (χ4v) is 4.23. The molecule has 0 aliphatic heterocycles. The van der Waals surface area contributed by atoms with Gasteiger partial charge >= 0.3 is 0 Å². The van der Waals surface area contributed by atoms with E-state index in [0.717, 1.165) is 5.56 Å². The highest BCUT2D eigenvalue weighted by Gasteiger charge is 2.16. The zero-order valence-electron chi connectivity index (χ0n) is 10.9. The number of nitrogens with one attached hydrogen (secondary N) is 1. The number of anilines is 1. The van der Waals surface area contributed by atoms with E-state index in [0.29, 0.717) is 19.5 Å². The van der Waals surface area contributed by atoms with Crippen molar-refractivity contribution in [2.75, 3.05) is 5.32 Å². The van der Waals surface area contributed by atoms with E-state index in [2.05, 4.69) is 15.3 Å². The molecule has 0 fully saturated rings. The van der Waals surface area contributed by atoms with Crippen molar-refractivity contribution in [1.82, 2.24) is 9.97 Å². The van der Waals surface area contributed by atoms with Gasteiger partial charge in [-0.25, -0.2) is 9.97 Å². The number of hydrogen-bond donors (Lipinski definition) is 1. The molecule has 3 aromatic heterocycles. The molecule has 3 rings (SSSR count). The molecule has 3 aromatic rings. The maximum Gasteiger partial charge on any atom is 0.277 e. The molecule has 0 spiro atoms. The summed E-state index contributed by atoms with van der Waals surface area (Å²) in [5, 5.41) is 5.18. The fraction of sp³-hybridized carbons (Fsp3) is 0. The molecule has 0 saturated carbocycles. The Hall–Kier alpha value is -0.890. The van der Waals surface area contributed by atoms with Gasteiger partial charge in [0.1, 0.15) is 15.2 Å². The van der Waals surface area contributed by atoms with Gasteiger partial charge in [-0.15, -0.1) is 22.7 Å². The first-order chi connectivity index (χ1) is 10.9. The second-order valence-corrected chi connectivity index (χ2v) is 8.13. The number of rotatable bonds is 3. The first-order valence-electron chi connectivity index (χ1n) is 5.98. The second-order valence-electron chi connectivity index (χ2n) is 4.19. The third-order valence-corrected chi connectivity index (χ3v) is 5.45. The molecule has 0 unspecified atom stereocenters. The van der Waals surface area contributed by atoms with Crippen LogP contribution in [0.5, 0.6) is 0 Å². The zero-order valence-corrected chi connectivity index (χ0v) is 15.6. The molecule has 10 heteroatoms. The lowest BCUT2D eigenvalue weighted by atomic mass is 10.3. The number of aromatic nitrogens is 2. The first-order valence-corrected chi connectivity index (χ1v) is 9.19. The largest absolute Gasteiger partial charge is 0.296 e. The van der Waals surface area contributed by atoms with Crippen molar-refractivity contribution in [2.24, 2.45) is 0 Å². The molecule has 1 amide bonds. The molecule has 118 valence electrons. The number of pyridine rings is 1. The third-order valence-electron chi connectivity index (χ3n) is 2.68. The Morgan fingerprint density at radius 1 is 1.13 bits per heavy atom. The quantitative estimate of drug-likeness (QED) is 0.514. The van der Waals surface area contributed by atoms with E-state index < -0.39 is 5.91 Å². The Morgan fingerprint density at radius 2 is 1.91 bits per heavy atom. The smallest absolute Gasteiger partial charge is 0.277 e. The van der Waals surface area contributed by atoms with Gasteiger partial charge in [-0.1, -0.05) is 46.4 Å². The molecular weight excluding hydrogens is 420 g/mol. The minimum Gasteiger partial charge on any atom is -0.296 e. The van der Waals surface area contributed by atoms with E-state index in [1.54, 1.807) is 11.4 Å². The molecule has 23 heavy (non-hydrogen) atoms. The van der Waals surface area contributed by atoms with Crippen LogP contribution in [0.15, 0.2) is 23.6 Å². The van der Waals surface area contributed by atoms with Gasteiger partial charge in [-0.3, -0.25) is 10.1 Å². The lowest BCUT2D eigenvalue weighted by molar-refractivity contribution is 0.102. The van der Waals surface area contributed by atoms with Crippen molar-refractivity contribution in [2.45, 2.75) is 0 Å². The fourth-order valence-electron chi connectivity index (χ4n) is 1.70. The van der Waals surface area contributed by atoms with E-state index in [-0.39, 0.29) is 15.9 Å². The Bertz CT molecular complexity index is 893. The molecule has 0 bridgehead atoms. The van der Waals surface area contributed by atoms with E-state index in [4.69, 9.17) is 46.4 Å². The summed E-state index contributed by atoms with van der Waals surface area (Å²) in [6, 6.07) is 4.74. The van der Waals surface area contributed by atoms with Crippen LogP contribution in [0.3, 0.4) is 0 Å². The van der Waals surface area contributed by atoms with Crippen molar-refractivity contribution in [1.29, 1.82) is 0 Å². The van der Waals surface area contributed by atoms with Crippen LogP contribution >= 0.6 is 69.1 Å². The van der Waals surface area contributed by atoms with Crippen LogP contribution in [0.1, 0.15) is 10.5 Å². The minimum absolute atomic E-state index is 0.0347. The van der Waals surface area contributed by atoms with Crippen LogP contribution in [0.25, 0.3) is 11.3 Å². The number of carbonyl (C=O) groups is 1. The van der Waals surface area contributed by atoms with Crippen molar-refractivity contribution in [3.8, 4) is 11.3 Å². The van der Waals surface area contributed by atoms with Gasteiger partial charge in [0.25, 0.3) is 5.91 Å². The number of thiazole rings is 1. The summed E-state index contributed by atoms with van der Waals surface area (Å²) in [7, 11) is 0. The monoisotopic (exact) mass is 423 g/mol. The standard InChI is InChI=1S/C13H5Cl4N3OS2/c14-6-1-2-8(15)19-10(6)12(21)20-13-18-7(4-22-13)5-3-9(16)23-11(5)17/h1-4H,(H,18,20,21). The summed E-state index contributed by atoms with van der Waals surface area (Å²) >= 11 is 26.3. The first kappa shape index (κ1) is 17.0. The highest BCUT2D eigenvalue weighted by Crippen LogP contribution is 2.39. The predicted octanol–water partition coefficient (Wildman–Crippen LogP) is 6.13. The van der Waals surface area contributed by atoms with Gasteiger partial charge in [0.05, 0.1) is 15.1 Å². The van der Waals surface area contributed by atoms with Crippen LogP contribution in [0.4, 0.5) is 5.13 Å². The molecule has 0 atom stereocenters. The number of halogens is 4. The lowest BCUT2D eigenvalue weighted by Gasteiger charge is -2.03. The number of thiophene rings is 1. The van der Waals surface area contributed by atoms with E-state index in [1.807, 2.05) is 0 Å². The predicted molar refractivity (Wildman–Crippen MR) is 97.7 cm³/mol. The minimum atomic E-state index is -0.493. The van der Waals surface area contributed by atoms with E-state index in [1.165, 1.54) is 34.8 Å². The number of nitrogens with zero attached hydrogens (tertiary/aromatic N) is 2. The number of amides is 1. The average molecular weight is 425 g/mol. The molecule has 4 nitrogen and oxygen atoms in total. The molecule has 0 aliphatic carbocycles. The summed E-state index contributed by atoms with van der Waals surface area (Å²) in [6.45, 7) is 0. The third kappa shape index (κ3) is 3.79. The SMILES string of the molecule is O=C(Nc1nc(-c2cc(Cl)sc2Cl)cs1)c1nc(Cl)ccc1Cl. The summed E-state index contributed by atoms with van der Waals surface area (Å²) in [4.78, 5) is 20.4. The van der Waals surface area contributed by atoms with Crippen molar-refractivity contribution >= 4 is 80.1 Å². The van der Waals surface area contributed by atoms with Gasteiger partial charge in [0.15, 0.2) is 5.13 Å². The Kier molecular flexibility index (Phi) is 5.10. The highest BCUT2D eigenvalue weighted by atomic mass is 35.5. The second kappa shape index (κ2) is 6.93. The molecule has 0 aliphatic rings. The number of hydrogen-bond acceptors (Lipinski definition) is 5. The summed E-state index contributed by atoms with van der Waals surface area (Å²) in [5.41, 5.74) is 1.38. The molecule has 0 radical (unpaired) electrons. The molecular formula is C13H5Cl4N3OS2. The van der Waals surface area contributed by atoms with Crippen molar-refractivity contribution < 1.29 is 4.79 Å². The highest BCUT2D eigenvalue weighted by molar-refractivity contribution is 7.20. The van der Waals surface area contributed by atoms with Crippen molar-refractivity contribution in [3.63, 3.8) is 0 Å². The van der Waals surface area contributed by atoms with Gasteiger partial charge in [-0.2, -0.15) is 0 Å². The van der Waals surface area contributed by atoms with Crippen LogP contribution in [0.2, 0.25) is 18.8 Å². The van der Waals surface area contributed by atoms with Crippen LogP contribution in [-0.2, 0) is 0 Å². The Labute approximate surface area is 159 Å². The van der Waals surface area contributed by atoms with Gasteiger partial charge in [0, 0.05) is 10.9 Å². The molecule has 0 aromatic carbocycles. The van der Waals surface area contributed by atoms with Crippen LogP contribution < -0.4 is 5.32 Å². The zero-order chi connectivity index (χ0) is 16.6. The summed E-state index contributed by atoms with van der Waals surface area (Å²) in [5.74, 6) is -0.493. The molecule has 1 N–H and O–H groups in total. The Morgan fingerprint density at radius 3 is 2.61 bits per heavy atom.